The van der Waals surface area contributed by atoms with Gasteiger partial charge in [-0.2, -0.15) is 0 Å². The molecule has 29 heavy (non-hydrogen) atoms. The molecule has 0 aromatic heterocycles. The van der Waals surface area contributed by atoms with Crippen LogP contribution in [0.15, 0.2) is 48.5 Å². The Morgan fingerprint density at radius 3 is 2.48 bits per heavy atom. The van der Waals surface area contributed by atoms with Crippen LogP contribution in [0.2, 0.25) is 0 Å². The van der Waals surface area contributed by atoms with Crippen molar-refractivity contribution in [1.29, 1.82) is 0 Å². The van der Waals surface area contributed by atoms with E-state index >= 15 is 0 Å². The van der Waals surface area contributed by atoms with Crippen LogP contribution in [0.25, 0.3) is 0 Å². The molecule has 1 saturated heterocycles. The lowest BCUT2D eigenvalue weighted by Crippen LogP contribution is -2.44. The van der Waals surface area contributed by atoms with Gasteiger partial charge in [0.1, 0.15) is 18.1 Å². The van der Waals surface area contributed by atoms with Crippen LogP contribution in [0, 0.1) is 0 Å². The summed E-state index contributed by atoms with van der Waals surface area (Å²) in [5.41, 5.74) is 1.85. The van der Waals surface area contributed by atoms with Gasteiger partial charge in [0.05, 0.1) is 25.9 Å². The lowest BCUT2D eigenvalue weighted by molar-refractivity contribution is -0.0704. The summed E-state index contributed by atoms with van der Waals surface area (Å²) in [4.78, 5) is 14.7. The molecule has 1 N–H and O–H groups in total. The number of amides is 1. The number of carbonyl (C=O) groups excluding carboxylic acids is 1. The van der Waals surface area contributed by atoms with Crippen molar-refractivity contribution in [1.82, 2.24) is 10.2 Å². The summed E-state index contributed by atoms with van der Waals surface area (Å²) in [5, 5.41) is 2.89. The Labute approximate surface area is 172 Å². The van der Waals surface area contributed by atoms with Crippen LogP contribution in [0.3, 0.4) is 0 Å². The van der Waals surface area contributed by atoms with Gasteiger partial charge in [-0.05, 0) is 43.7 Å². The van der Waals surface area contributed by atoms with Gasteiger partial charge in [0.15, 0.2) is 0 Å². The topological polar surface area (TPSA) is 60.0 Å². The molecule has 156 valence electrons. The Hall–Kier alpha value is -2.57. The third-order valence-electron chi connectivity index (χ3n) is 4.82. The standard InChI is InChI=1S/C23H30N2O4/c1-17-14-25(15-18(2)29-17)16-19-7-9-20(10-8-19)23(26)24-11-12-28-22-6-4-5-21(13-22)27-3/h4-10,13,17-18H,11-12,14-16H2,1-3H3,(H,24,26). The normalized spacial score (nSPS) is 19.6. The summed E-state index contributed by atoms with van der Waals surface area (Å²) < 4.78 is 16.6. The summed E-state index contributed by atoms with van der Waals surface area (Å²) in [6.45, 7) is 7.77. The molecule has 1 fully saturated rings. The Morgan fingerprint density at radius 2 is 1.79 bits per heavy atom. The van der Waals surface area contributed by atoms with Crippen molar-refractivity contribution in [2.75, 3.05) is 33.4 Å². The highest BCUT2D eigenvalue weighted by Gasteiger charge is 2.22. The number of nitrogens with zero attached hydrogens (tertiary/aromatic N) is 1. The second-order valence-corrected chi connectivity index (χ2v) is 7.43. The molecule has 0 bridgehead atoms. The maximum absolute atomic E-state index is 12.3. The van der Waals surface area contributed by atoms with E-state index in [0.717, 1.165) is 31.1 Å². The quantitative estimate of drug-likeness (QED) is 0.693. The Morgan fingerprint density at radius 1 is 1.10 bits per heavy atom. The van der Waals surface area contributed by atoms with Gasteiger partial charge in [-0.1, -0.05) is 18.2 Å². The van der Waals surface area contributed by atoms with E-state index in [1.807, 2.05) is 48.5 Å². The molecule has 6 nitrogen and oxygen atoms in total. The van der Waals surface area contributed by atoms with Crippen molar-refractivity contribution in [3.05, 3.63) is 59.7 Å². The average molecular weight is 399 g/mol. The van der Waals surface area contributed by atoms with Gasteiger partial charge in [0.25, 0.3) is 5.91 Å². The number of benzene rings is 2. The molecule has 1 amide bonds. The molecule has 0 aliphatic carbocycles. The summed E-state index contributed by atoms with van der Waals surface area (Å²) >= 11 is 0. The van der Waals surface area contributed by atoms with Crippen LogP contribution in [0.1, 0.15) is 29.8 Å². The maximum atomic E-state index is 12.3. The van der Waals surface area contributed by atoms with E-state index in [-0.39, 0.29) is 18.1 Å². The molecule has 2 aromatic carbocycles. The van der Waals surface area contributed by atoms with E-state index in [1.54, 1.807) is 7.11 Å². The zero-order chi connectivity index (χ0) is 20.6. The first-order valence-electron chi connectivity index (χ1n) is 10.1. The number of ether oxygens (including phenoxy) is 3. The van der Waals surface area contributed by atoms with Crippen molar-refractivity contribution < 1.29 is 19.0 Å². The third-order valence-corrected chi connectivity index (χ3v) is 4.82. The molecule has 1 aliphatic heterocycles. The summed E-state index contributed by atoms with van der Waals surface area (Å²) in [6, 6.07) is 15.2. The number of rotatable bonds is 8. The molecule has 0 saturated carbocycles. The largest absolute Gasteiger partial charge is 0.497 e. The fraction of sp³-hybridized carbons (Fsp3) is 0.435. The first kappa shape index (κ1) is 21.1. The molecule has 3 rings (SSSR count). The summed E-state index contributed by atoms with van der Waals surface area (Å²) in [6.07, 6.45) is 0.506. The van der Waals surface area contributed by atoms with Crippen LogP contribution >= 0.6 is 0 Å². The first-order chi connectivity index (χ1) is 14.0. The van der Waals surface area contributed by atoms with Crippen LogP contribution in [-0.2, 0) is 11.3 Å². The van der Waals surface area contributed by atoms with Gasteiger partial charge in [0.2, 0.25) is 0 Å². The van der Waals surface area contributed by atoms with Crippen molar-refractivity contribution in [3.63, 3.8) is 0 Å². The SMILES string of the molecule is COc1cccc(OCCNC(=O)c2ccc(CN3CC(C)OC(C)C3)cc2)c1. The monoisotopic (exact) mass is 398 g/mol. The predicted octanol–water partition coefficient (Wildman–Crippen LogP) is 3.11. The molecule has 6 heteroatoms. The minimum atomic E-state index is -0.0978. The zero-order valence-corrected chi connectivity index (χ0v) is 17.4. The van der Waals surface area contributed by atoms with Gasteiger partial charge >= 0.3 is 0 Å². The second kappa shape index (κ2) is 10.3. The molecule has 0 radical (unpaired) electrons. The number of hydrogen-bond acceptors (Lipinski definition) is 5. The van der Waals surface area contributed by atoms with E-state index < -0.39 is 0 Å². The molecule has 1 aliphatic rings. The maximum Gasteiger partial charge on any atom is 0.251 e. The van der Waals surface area contributed by atoms with Crippen LogP contribution in [-0.4, -0.2) is 56.4 Å². The fourth-order valence-electron chi connectivity index (χ4n) is 3.56. The number of methoxy groups -OCH3 is 1. The van der Waals surface area contributed by atoms with Gasteiger partial charge in [-0.3, -0.25) is 9.69 Å². The highest BCUT2D eigenvalue weighted by molar-refractivity contribution is 5.94. The van der Waals surface area contributed by atoms with Crippen molar-refractivity contribution >= 4 is 5.91 Å². The second-order valence-electron chi connectivity index (χ2n) is 7.43. The number of hydrogen-bond donors (Lipinski definition) is 1. The van der Waals surface area contributed by atoms with Crippen molar-refractivity contribution in [2.45, 2.75) is 32.6 Å². The van der Waals surface area contributed by atoms with E-state index in [2.05, 4.69) is 24.1 Å². The molecule has 2 unspecified atom stereocenters. The van der Waals surface area contributed by atoms with Crippen LogP contribution < -0.4 is 14.8 Å². The number of carbonyl (C=O) groups is 1. The minimum absolute atomic E-state index is 0.0978. The summed E-state index contributed by atoms with van der Waals surface area (Å²) in [5.74, 6) is 1.36. The lowest BCUT2D eigenvalue weighted by Gasteiger charge is -2.35. The van der Waals surface area contributed by atoms with Gasteiger partial charge in [-0.15, -0.1) is 0 Å². The van der Waals surface area contributed by atoms with E-state index in [9.17, 15) is 4.79 Å². The molecular formula is C23H30N2O4. The molecule has 0 spiro atoms. The Kier molecular flexibility index (Phi) is 7.49. The number of nitrogens with one attached hydrogen (secondary N) is 1. The smallest absolute Gasteiger partial charge is 0.251 e. The average Bonchev–Trinajstić information content (AvgIpc) is 2.71. The lowest BCUT2D eigenvalue weighted by atomic mass is 10.1. The van der Waals surface area contributed by atoms with E-state index in [0.29, 0.717) is 18.7 Å². The highest BCUT2D eigenvalue weighted by atomic mass is 16.5. The third kappa shape index (κ3) is 6.48. The summed E-state index contributed by atoms with van der Waals surface area (Å²) in [7, 11) is 1.62. The van der Waals surface area contributed by atoms with E-state index in [4.69, 9.17) is 14.2 Å². The Balaban J connectivity index is 1.42. The first-order valence-corrected chi connectivity index (χ1v) is 10.1. The van der Waals surface area contributed by atoms with E-state index in [1.165, 1.54) is 5.56 Å². The Bertz CT molecular complexity index is 784. The molecular weight excluding hydrogens is 368 g/mol. The van der Waals surface area contributed by atoms with Crippen LogP contribution in [0.4, 0.5) is 0 Å². The molecule has 1 heterocycles. The predicted molar refractivity (Wildman–Crippen MR) is 113 cm³/mol. The van der Waals surface area contributed by atoms with Crippen LogP contribution in [0.5, 0.6) is 11.5 Å². The van der Waals surface area contributed by atoms with Gasteiger partial charge in [0, 0.05) is 31.3 Å². The molecule has 2 aromatic rings. The number of morpholine rings is 1. The van der Waals surface area contributed by atoms with Gasteiger partial charge in [-0.25, -0.2) is 0 Å². The minimum Gasteiger partial charge on any atom is -0.497 e. The zero-order valence-electron chi connectivity index (χ0n) is 17.4. The van der Waals surface area contributed by atoms with Crippen molar-refractivity contribution in [2.24, 2.45) is 0 Å². The fourth-order valence-corrected chi connectivity index (χ4v) is 3.56. The van der Waals surface area contributed by atoms with Crippen molar-refractivity contribution in [3.8, 4) is 11.5 Å². The highest BCUT2D eigenvalue weighted by Crippen LogP contribution is 2.18. The van der Waals surface area contributed by atoms with Gasteiger partial charge < -0.3 is 19.5 Å². The molecule has 2 atom stereocenters.